The molecule has 1 aromatic rings. The van der Waals surface area contributed by atoms with Gasteiger partial charge in [0.05, 0.1) is 0 Å². The lowest BCUT2D eigenvalue weighted by molar-refractivity contribution is -0.00185. The molecule has 1 saturated heterocycles. The van der Waals surface area contributed by atoms with E-state index >= 15 is 0 Å². The summed E-state index contributed by atoms with van der Waals surface area (Å²) in [5.41, 5.74) is 0.840. The molecule has 3 rings (SSSR count). The molecule has 1 saturated carbocycles. The first-order valence-electron chi connectivity index (χ1n) is 11.1. The first-order chi connectivity index (χ1) is 14.2. The molecule has 1 aliphatic carbocycles. The van der Waals surface area contributed by atoms with E-state index in [0.717, 1.165) is 57.2 Å². The van der Waals surface area contributed by atoms with Gasteiger partial charge in [-0.1, -0.05) is 30.3 Å². The Hall–Kier alpha value is -2.24. The lowest BCUT2D eigenvalue weighted by Gasteiger charge is -2.47. The van der Waals surface area contributed by atoms with Crippen LogP contribution in [0.25, 0.3) is 0 Å². The highest BCUT2D eigenvalue weighted by Crippen LogP contribution is 2.45. The van der Waals surface area contributed by atoms with Crippen LogP contribution in [0.1, 0.15) is 64.9 Å². The molecule has 6 nitrogen and oxygen atoms in total. The highest BCUT2D eigenvalue weighted by atomic mass is 16.6. The number of rotatable bonds is 3. The first-order valence-corrected chi connectivity index (χ1v) is 11.1. The van der Waals surface area contributed by atoms with E-state index in [1.807, 2.05) is 63.1 Å². The minimum Gasteiger partial charge on any atom is -0.445 e. The Kier molecular flexibility index (Phi) is 6.94. The van der Waals surface area contributed by atoms with E-state index in [4.69, 9.17) is 9.47 Å². The predicted molar refractivity (Wildman–Crippen MR) is 116 cm³/mol. The average molecular weight is 417 g/mol. The van der Waals surface area contributed by atoms with Crippen molar-refractivity contribution in [2.24, 2.45) is 5.41 Å². The Bertz CT molecular complexity index is 710. The van der Waals surface area contributed by atoms with Crippen molar-refractivity contribution >= 4 is 12.2 Å². The second-order valence-corrected chi connectivity index (χ2v) is 9.85. The van der Waals surface area contributed by atoms with E-state index in [1.54, 1.807) is 4.90 Å². The normalized spacial score (nSPS) is 19.4. The molecular formula is C24H36N2O4. The molecule has 2 amide bonds. The number of hydrogen-bond acceptors (Lipinski definition) is 4. The molecule has 0 bridgehead atoms. The fraction of sp³-hybridized carbons (Fsp3) is 0.667. The number of amides is 2. The van der Waals surface area contributed by atoms with Gasteiger partial charge in [-0.3, -0.25) is 0 Å². The predicted octanol–water partition coefficient (Wildman–Crippen LogP) is 5.21. The van der Waals surface area contributed by atoms with Gasteiger partial charge in [0.2, 0.25) is 0 Å². The second kappa shape index (κ2) is 9.27. The van der Waals surface area contributed by atoms with Crippen molar-refractivity contribution in [3.05, 3.63) is 35.9 Å². The van der Waals surface area contributed by atoms with E-state index in [-0.39, 0.29) is 18.2 Å². The van der Waals surface area contributed by atoms with E-state index in [0.29, 0.717) is 12.0 Å². The maximum Gasteiger partial charge on any atom is 0.410 e. The summed E-state index contributed by atoms with van der Waals surface area (Å²) in [5.74, 6) is 0. The fourth-order valence-corrected chi connectivity index (χ4v) is 4.56. The van der Waals surface area contributed by atoms with Crippen LogP contribution >= 0.6 is 0 Å². The lowest BCUT2D eigenvalue weighted by Crippen LogP contribution is -2.48. The second-order valence-electron chi connectivity index (χ2n) is 9.85. The highest BCUT2D eigenvalue weighted by Gasteiger charge is 2.41. The number of hydrogen-bond donors (Lipinski definition) is 0. The highest BCUT2D eigenvalue weighted by molar-refractivity contribution is 5.68. The minimum absolute atomic E-state index is 0.202. The Balaban J connectivity index is 1.43. The summed E-state index contributed by atoms with van der Waals surface area (Å²) >= 11 is 0. The molecule has 2 fully saturated rings. The van der Waals surface area contributed by atoms with Crippen LogP contribution in [0.5, 0.6) is 0 Å². The fourth-order valence-electron chi connectivity index (χ4n) is 4.56. The van der Waals surface area contributed by atoms with Crippen molar-refractivity contribution in [1.29, 1.82) is 0 Å². The Morgan fingerprint density at radius 1 is 1.07 bits per heavy atom. The third-order valence-electron chi connectivity index (χ3n) is 6.53. The summed E-state index contributed by atoms with van der Waals surface area (Å²) in [7, 11) is 1.85. The summed E-state index contributed by atoms with van der Waals surface area (Å²) in [5, 5.41) is 0. The van der Waals surface area contributed by atoms with Crippen molar-refractivity contribution in [1.82, 2.24) is 9.80 Å². The van der Waals surface area contributed by atoms with E-state index < -0.39 is 5.60 Å². The maximum absolute atomic E-state index is 12.5. The molecule has 0 atom stereocenters. The van der Waals surface area contributed by atoms with Gasteiger partial charge in [-0.05, 0) is 70.3 Å². The first kappa shape index (κ1) is 22.4. The molecule has 1 aromatic carbocycles. The number of likely N-dealkylation sites (tertiary alicyclic amines) is 1. The zero-order valence-corrected chi connectivity index (χ0v) is 18.9. The summed E-state index contributed by atoms with van der Waals surface area (Å²) in [6.45, 7) is 7.53. The zero-order chi connectivity index (χ0) is 21.8. The summed E-state index contributed by atoms with van der Waals surface area (Å²) in [6.07, 6.45) is 5.74. The molecule has 2 aliphatic rings. The van der Waals surface area contributed by atoms with E-state index in [2.05, 4.69) is 0 Å². The van der Waals surface area contributed by atoms with Gasteiger partial charge in [0.1, 0.15) is 12.2 Å². The van der Waals surface area contributed by atoms with Gasteiger partial charge >= 0.3 is 12.2 Å². The number of carbonyl (C=O) groups excluding carboxylic acids is 2. The van der Waals surface area contributed by atoms with Gasteiger partial charge in [0, 0.05) is 26.2 Å². The van der Waals surface area contributed by atoms with Gasteiger partial charge in [-0.25, -0.2) is 9.59 Å². The summed E-state index contributed by atoms with van der Waals surface area (Å²) < 4.78 is 11.0. The maximum atomic E-state index is 12.5. The monoisotopic (exact) mass is 416 g/mol. The standard InChI is InChI=1S/C24H36N2O4/c1-23(2,3)30-22(28)26-16-14-24(15-17-26)12-10-20(11-13-24)25(4)21(27)29-18-19-8-6-5-7-9-19/h5-9,20H,10-18H2,1-4H3. The smallest absolute Gasteiger partial charge is 0.410 e. The number of nitrogens with zero attached hydrogens (tertiary/aromatic N) is 2. The molecule has 1 heterocycles. The van der Waals surface area contributed by atoms with Crippen LogP contribution in [0.2, 0.25) is 0 Å². The lowest BCUT2D eigenvalue weighted by atomic mass is 9.67. The molecular weight excluding hydrogens is 380 g/mol. The van der Waals surface area contributed by atoms with Gasteiger partial charge in [-0.15, -0.1) is 0 Å². The molecule has 30 heavy (non-hydrogen) atoms. The number of ether oxygens (including phenoxy) is 2. The van der Waals surface area contributed by atoms with Gasteiger partial charge in [0.15, 0.2) is 0 Å². The Morgan fingerprint density at radius 3 is 2.23 bits per heavy atom. The molecule has 0 N–H and O–H groups in total. The average Bonchev–Trinajstić information content (AvgIpc) is 2.72. The van der Waals surface area contributed by atoms with Crippen molar-refractivity contribution in [2.75, 3.05) is 20.1 Å². The molecule has 6 heteroatoms. The Morgan fingerprint density at radius 2 is 1.67 bits per heavy atom. The number of piperidine rings is 1. The van der Waals surface area contributed by atoms with Gasteiger partial charge in [0.25, 0.3) is 0 Å². The molecule has 0 unspecified atom stereocenters. The molecule has 1 aliphatic heterocycles. The van der Waals surface area contributed by atoms with Crippen molar-refractivity contribution in [3.8, 4) is 0 Å². The molecule has 0 aromatic heterocycles. The van der Waals surface area contributed by atoms with Crippen LogP contribution in [-0.4, -0.2) is 53.8 Å². The van der Waals surface area contributed by atoms with Crippen LogP contribution in [0.15, 0.2) is 30.3 Å². The van der Waals surface area contributed by atoms with Crippen LogP contribution in [0.4, 0.5) is 9.59 Å². The van der Waals surface area contributed by atoms with E-state index in [9.17, 15) is 9.59 Å². The number of benzene rings is 1. The van der Waals surface area contributed by atoms with Crippen molar-refractivity contribution < 1.29 is 19.1 Å². The zero-order valence-electron chi connectivity index (χ0n) is 18.9. The number of carbonyl (C=O) groups is 2. The summed E-state index contributed by atoms with van der Waals surface area (Å²) in [4.78, 5) is 28.4. The quantitative estimate of drug-likeness (QED) is 0.678. The van der Waals surface area contributed by atoms with Gasteiger partial charge < -0.3 is 19.3 Å². The van der Waals surface area contributed by atoms with Gasteiger partial charge in [-0.2, -0.15) is 0 Å². The molecule has 166 valence electrons. The Labute approximate surface area is 180 Å². The van der Waals surface area contributed by atoms with Crippen LogP contribution < -0.4 is 0 Å². The molecule has 1 spiro atoms. The van der Waals surface area contributed by atoms with Crippen LogP contribution in [0.3, 0.4) is 0 Å². The SMILES string of the molecule is CN(C(=O)OCc1ccccc1)C1CCC2(CC1)CCN(C(=O)OC(C)(C)C)CC2. The third-order valence-corrected chi connectivity index (χ3v) is 6.53. The van der Waals surface area contributed by atoms with E-state index in [1.165, 1.54) is 0 Å². The topological polar surface area (TPSA) is 59.1 Å². The summed E-state index contributed by atoms with van der Waals surface area (Å²) in [6, 6.07) is 9.99. The van der Waals surface area contributed by atoms with Crippen LogP contribution in [0, 0.1) is 5.41 Å². The largest absolute Gasteiger partial charge is 0.445 e. The van der Waals surface area contributed by atoms with Crippen LogP contribution in [-0.2, 0) is 16.1 Å². The van der Waals surface area contributed by atoms with Crippen molar-refractivity contribution in [3.63, 3.8) is 0 Å². The minimum atomic E-state index is -0.454. The third kappa shape index (κ3) is 5.89. The molecule has 0 radical (unpaired) electrons. The van der Waals surface area contributed by atoms with Crippen molar-refractivity contribution in [2.45, 2.75) is 77.5 Å².